The summed E-state index contributed by atoms with van der Waals surface area (Å²) in [5, 5.41) is 12.9. The van der Waals surface area contributed by atoms with E-state index in [1.165, 1.54) is 9.75 Å². The number of carbonyl (C=O) groups excluding carboxylic acids is 3. The Kier molecular flexibility index (Phi) is 15.2. The van der Waals surface area contributed by atoms with E-state index in [1.807, 2.05) is 59.7 Å². The molecule has 1 amide bonds. The van der Waals surface area contributed by atoms with E-state index in [0.29, 0.717) is 19.0 Å². The quantitative estimate of drug-likeness (QED) is 0.158. The fraction of sp³-hybridized carbons (Fsp3) is 0.548. The van der Waals surface area contributed by atoms with Crippen LogP contribution in [0.3, 0.4) is 0 Å². The predicted molar refractivity (Wildman–Crippen MR) is 228 cm³/mol. The molecule has 2 aliphatic rings. The summed E-state index contributed by atoms with van der Waals surface area (Å²) < 4.78 is 9.97. The second kappa shape index (κ2) is 19.4. The topological polar surface area (TPSA) is 111 Å². The van der Waals surface area contributed by atoms with E-state index in [0.717, 1.165) is 95.9 Å². The normalized spacial score (nSPS) is 15.7. The molecule has 304 valence electrons. The number of aromatic nitrogens is 4. The Morgan fingerprint density at radius 2 is 1.21 bits per heavy atom. The first kappa shape index (κ1) is 43.8. The lowest BCUT2D eigenvalue weighted by atomic mass is 9.93. The van der Waals surface area contributed by atoms with Gasteiger partial charge in [0, 0.05) is 56.9 Å². The smallest absolute Gasteiger partial charge is 0.410 e. The summed E-state index contributed by atoms with van der Waals surface area (Å²) in [6, 6.07) is 12.1. The van der Waals surface area contributed by atoms with Crippen LogP contribution >= 0.6 is 45.9 Å². The van der Waals surface area contributed by atoms with Gasteiger partial charge < -0.3 is 15.0 Å². The number of thiophene rings is 2. The van der Waals surface area contributed by atoms with Gasteiger partial charge in [0.15, 0.2) is 0 Å². The van der Waals surface area contributed by atoms with Gasteiger partial charge in [-0.3, -0.25) is 9.59 Å². The highest BCUT2D eigenvalue weighted by Crippen LogP contribution is 2.31. The van der Waals surface area contributed by atoms with Gasteiger partial charge in [0.05, 0.1) is 20.1 Å². The lowest BCUT2D eigenvalue weighted by Gasteiger charge is -2.30. The zero-order valence-electron chi connectivity index (χ0n) is 33.5. The molecule has 4 aromatic heterocycles. The lowest BCUT2D eigenvalue weighted by Crippen LogP contribution is -2.38. The van der Waals surface area contributed by atoms with Gasteiger partial charge in [-0.2, -0.15) is 10.2 Å². The van der Waals surface area contributed by atoms with Gasteiger partial charge in [0.1, 0.15) is 6.61 Å². The number of halogens is 2. The highest BCUT2D eigenvalue weighted by molar-refractivity contribution is 7.16. The second-order valence-electron chi connectivity index (χ2n) is 16.6. The molecule has 6 heterocycles. The summed E-state index contributed by atoms with van der Waals surface area (Å²) in [7, 11) is 0. The molecule has 2 aliphatic heterocycles. The van der Waals surface area contributed by atoms with Gasteiger partial charge in [-0.1, -0.05) is 77.4 Å². The van der Waals surface area contributed by atoms with E-state index in [1.54, 1.807) is 43.0 Å². The van der Waals surface area contributed by atoms with E-state index >= 15 is 0 Å². The van der Waals surface area contributed by atoms with Crippen molar-refractivity contribution >= 4 is 63.8 Å². The molecular weight excluding hydrogens is 788 g/mol. The molecule has 10 nitrogen and oxygen atoms in total. The number of rotatable bonds is 10. The number of nitrogens with zero attached hydrogens (tertiary/aromatic N) is 5. The van der Waals surface area contributed by atoms with Crippen LogP contribution < -0.4 is 5.32 Å². The molecule has 6 rings (SSSR count). The number of piperidine rings is 2. The molecule has 4 aromatic rings. The lowest BCUT2D eigenvalue weighted by molar-refractivity contribution is 0.0737. The summed E-state index contributed by atoms with van der Waals surface area (Å²) >= 11 is 15.3. The van der Waals surface area contributed by atoms with Crippen molar-refractivity contribution in [1.82, 2.24) is 29.8 Å². The molecule has 56 heavy (non-hydrogen) atoms. The minimum atomic E-state index is -0.525. The molecule has 14 heteroatoms. The minimum Gasteiger partial charge on any atom is -0.445 e. The summed E-state index contributed by atoms with van der Waals surface area (Å²) in [6.07, 6.45) is 8.24. The largest absolute Gasteiger partial charge is 0.445 e. The molecule has 0 atom stereocenters. The highest BCUT2D eigenvalue weighted by Gasteiger charge is 2.31. The molecule has 0 aromatic carbocycles. The van der Waals surface area contributed by atoms with Crippen LogP contribution in [0.15, 0.2) is 49.1 Å². The fourth-order valence-corrected chi connectivity index (χ4v) is 8.97. The number of hydrogen-bond donors (Lipinski definition) is 1. The first-order valence-electron chi connectivity index (χ1n) is 19.5. The van der Waals surface area contributed by atoms with Gasteiger partial charge in [-0.25, -0.2) is 14.2 Å². The standard InChI is InChI=1S/C23H30ClN3O3S.C19H26ClN3OS/c1-5-14-30-22(29)26-12-10-16(11-13-26)19-15-17(6-7-18-8-9-20(24)31-18)27(25-19)21(28)23(2,3)4;1-19(2,3)18(24)23-14(4-5-15-6-7-17(20)25-15)12-16(22-23)13-8-10-21-11-9-13/h5,8-9,15-16H,1,6-7,10-14H2,2-4H3;6-7,12-13,21H,4-5,8-11H2,1-3H3. The van der Waals surface area contributed by atoms with Crippen LogP contribution in [0, 0.1) is 10.8 Å². The Hall–Kier alpha value is -3.29. The zero-order valence-corrected chi connectivity index (χ0v) is 36.7. The van der Waals surface area contributed by atoms with Crippen molar-refractivity contribution in [3.8, 4) is 0 Å². The molecule has 0 aliphatic carbocycles. The monoisotopic (exact) mass is 842 g/mol. The van der Waals surface area contributed by atoms with Crippen LogP contribution in [0.1, 0.15) is 121 Å². The first-order chi connectivity index (χ1) is 26.5. The second-order valence-corrected chi connectivity index (χ2v) is 20.2. The summed E-state index contributed by atoms with van der Waals surface area (Å²) in [5.74, 6) is 0.716. The molecule has 0 radical (unpaired) electrons. The van der Waals surface area contributed by atoms with Gasteiger partial charge in [0.2, 0.25) is 0 Å². The van der Waals surface area contributed by atoms with E-state index in [4.69, 9.17) is 38.1 Å². The third kappa shape index (κ3) is 11.9. The van der Waals surface area contributed by atoms with Crippen molar-refractivity contribution < 1.29 is 19.1 Å². The van der Waals surface area contributed by atoms with Crippen molar-refractivity contribution in [2.45, 2.75) is 105 Å². The van der Waals surface area contributed by atoms with Crippen LogP contribution in [-0.2, 0) is 30.4 Å². The number of amides is 1. The zero-order chi connectivity index (χ0) is 40.6. The molecule has 0 spiro atoms. The Labute approximate surface area is 349 Å². The molecule has 2 fully saturated rings. The van der Waals surface area contributed by atoms with Crippen LogP contribution in [0.5, 0.6) is 0 Å². The number of aryl methyl sites for hydroxylation is 4. The van der Waals surface area contributed by atoms with Gasteiger partial charge in [0.25, 0.3) is 11.8 Å². The number of ether oxygens (including phenoxy) is 1. The number of carbonyl (C=O) groups is 3. The average Bonchev–Trinajstić information content (AvgIpc) is 3.98. The summed E-state index contributed by atoms with van der Waals surface area (Å²) in [5.41, 5.74) is 2.96. The van der Waals surface area contributed by atoms with Crippen molar-refractivity contribution in [2.24, 2.45) is 10.8 Å². The van der Waals surface area contributed by atoms with E-state index in [9.17, 15) is 14.4 Å². The molecule has 0 saturated carbocycles. The van der Waals surface area contributed by atoms with Crippen molar-refractivity contribution in [3.63, 3.8) is 0 Å². The maximum absolute atomic E-state index is 13.0. The SMILES string of the molecule is C=CCOC(=O)N1CCC(c2cc(CCc3ccc(Cl)s3)n(C(=O)C(C)(C)C)n2)CC1.CC(C)(C)C(=O)n1nc(C2CCNCC2)cc1CCc1ccc(Cl)s1. The molecule has 0 bridgehead atoms. The highest BCUT2D eigenvalue weighted by atomic mass is 35.5. The Morgan fingerprint density at radius 1 is 0.768 bits per heavy atom. The molecule has 2 saturated heterocycles. The third-order valence-corrected chi connectivity index (χ3v) is 12.6. The van der Waals surface area contributed by atoms with E-state index in [2.05, 4.69) is 30.1 Å². The van der Waals surface area contributed by atoms with Crippen molar-refractivity contribution in [1.29, 1.82) is 0 Å². The van der Waals surface area contributed by atoms with Crippen LogP contribution in [0.25, 0.3) is 0 Å². The van der Waals surface area contributed by atoms with Crippen LogP contribution in [-0.4, -0.2) is 75.2 Å². The van der Waals surface area contributed by atoms with Gasteiger partial charge >= 0.3 is 6.09 Å². The number of likely N-dealkylation sites (tertiary alicyclic amines) is 1. The third-order valence-electron chi connectivity index (χ3n) is 10.0. The molecule has 1 N–H and O–H groups in total. The molecular formula is C42H56Cl2N6O4S2. The predicted octanol–water partition coefficient (Wildman–Crippen LogP) is 10.1. The Balaban J connectivity index is 0.000000219. The van der Waals surface area contributed by atoms with Crippen LogP contribution in [0.2, 0.25) is 8.67 Å². The fourth-order valence-electron chi connectivity index (χ4n) is 6.79. The van der Waals surface area contributed by atoms with Crippen molar-refractivity contribution in [2.75, 3.05) is 32.8 Å². The molecule has 0 unspecified atom stereocenters. The van der Waals surface area contributed by atoms with Crippen molar-refractivity contribution in [3.05, 3.63) is 90.3 Å². The average molecular weight is 844 g/mol. The van der Waals surface area contributed by atoms with E-state index in [-0.39, 0.29) is 30.4 Å². The summed E-state index contributed by atoms with van der Waals surface area (Å²) in [4.78, 5) is 42.1. The maximum Gasteiger partial charge on any atom is 0.410 e. The van der Waals surface area contributed by atoms with Crippen LogP contribution in [0.4, 0.5) is 4.79 Å². The number of hydrogen-bond acceptors (Lipinski definition) is 9. The van der Waals surface area contributed by atoms with Gasteiger partial charge in [-0.15, -0.1) is 22.7 Å². The Morgan fingerprint density at radius 3 is 1.61 bits per heavy atom. The number of nitrogens with one attached hydrogen (secondary N) is 1. The Bertz CT molecular complexity index is 1950. The minimum absolute atomic E-state index is 0.0107. The van der Waals surface area contributed by atoms with Gasteiger partial charge in [-0.05, 0) is 101 Å². The summed E-state index contributed by atoms with van der Waals surface area (Å²) in [6.45, 7) is 18.6. The first-order valence-corrected chi connectivity index (χ1v) is 21.9. The maximum atomic E-state index is 13.0. The van der Waals surface area contributed by atoms with E-state index < -0.39 is 10.8 Å².